The second-order valence-corrected chi connectivity index (χ2v) is 6.24. The van der Waals surface area contributed by atoms with Gasteiger partial charge in [-0.15, -0.1) is 0 Å². The minimum Gasteiger partial charge on any atom is -0.504 e. The van der Waals surface area contributed by atoms with Gasteiger partial charge in [-0.1, -0.05) is 18.2 Å². The van der Waals surface area contributed by atoms with Crippen LogP contribution in [0, 0.1) is 0 Å². The third kappa shape index (κ3) is 2.71. The van der Waals surface area contributed by atoms with Gasteiger partial charge in [-0.25, -0.2) is 0 Å². The van der Waals surface area contributed by atoms with Crippen molar-refractivity contribution in [1.82, 2.24) is 0 Å². The van der Waals surface area contributed by atoms with E-state index in [0.717, 1.165) is 0 Å². The molecule has 0 fully saturated rings. The minimum atomic E-state index is -0.985. The third-order valence-corrected chi connectivity index (χ3v) is 4.66. The SMILES string of the molecule is CC(c1ccc(O)c(O)c1)(c1ccc(O)c(O)c1)c1ccc(O)c(O)c1. The van der Waals surface area contributed by atoms with Crippen molar-refractivity contribution in [1.29, 1.82) is 0 Å². The Bertz CT molecular complexity index is 855. The highest BCUT2D eigenvalue weighted by molar-refractivity contribution is 5.58. The summed E-state index contributed by atoms with van der Waals surface area (Å²) >= 11 is 0. The average molecular weight is 354 g/mol. The van der Waals surface area contributed by atoms with Gasteiger partial charge >= 0.3 is 0 Å². The molecule has 0 aliphatic heterocycles. The zero-order valence-corrected chi connectivity index (χ0v) is 13.9. The van der Waals surface area contributed by atoms with Crippen LogP contribution in [0.2, 0.25) is 0 Å². The van der Waals surface area contributed by atoms with E-state index in [1.807, 2.05) is 0 Å². The fourth-order valence-electron chi connectivity index (χ4n) is 3.00. The van der Waals surface area contributed by atoms with Crippen molar-refractivity contribution in [2.75, 3.05) is 0 Å². The Hall–Kier alpha value is -3.54. The Morgan fingerprint density at radius 3 is 0.962 bits per heavy atom. The number of rotatable bonds is 3. The zero-order valence-electron chi connectivity index (χ0n) is 13.9. The van der Waals surface area contributed by atoms with Gasteiger partial charge in [0.2, 0.25) is 0 Å². The monoisotopic (exact) mass is 354 g/mol. The van der Waals surface area contributed by atoms with Crippen LogP contribution in [-0.4, -0.2) is 30.6 Å². The summed E-state index contributed by atoms with van der Waals surface area (Å²) in [4.78, 5) is 0. The summed E-state index contributed by atoms with van der Waals surface area (Å²) < 4.78 is 0. The molecule has 0 aliphatic rings. The Morgan fingerprint density at radius 1 is 0.462 bits per heavy atom. The minimum absolute atomic E-state index is 0.279. The van der Waals surface area contributed by atoms with Gasteiger partial charge in [-0.2, -0.15) is 0 Å². The summed E-state index contributed by atoms with van der Waals surface area (Å²) in [6.07, 6.45) is 0. The highest BCUT2D eigenvalue weighted by Gasteiger charge is 2.33. The van der Waals surface area contributed by atoms with Gasteiger partial charge in [0.1, 0.15) is 0 Å². The first-order valence-corrected chi connectivity index (χ1v) is 7.81. The fraction of sp³-hybridized carbons (Fsp3) is 0.100. The lowest BCUT2D eigenvalue weighted by Gasteiger charge is -2.32. The summed E-state index contributed by atoms with van der Waals surface area (Å²) in [5.41, 5.74) is 0.690. The second-order valence-electron chi connectivity index (χ2n) is 6.24. The zero-order chi connectivity index (χ0) is 19.1. The van der Waals surface area contributed by atoms with Crippen molar-refractivity contribution in [3.05, 3.63) is 71.3 Å². The molecule has 0 unspecified atom stereocenters. The summed E-state index contributed by atoms with van der Waals surface area (Å²) in [7, 11) is 0. The molecule has 134 valence electrons. The number of hydrogen-bond donors (Lipinski definition) is 6. The molecule has 6 nitrogen and oxygen atoms in total. The van der Waals surface area contributed by atoms with Gasteiger partial charge in [0.15, 0.2) is 34.5 Å². The lowest BCUT2D eigenvalue weighted by atomic mass is 9.71. The molecule has 0 heterocycles. The molecule has 0 bridgehead atoms. The first-order chi connectivity index (χ1) is 12.2. The van der Waals surface area contributed by atoms with E-state index in [1.54, 1.807) is 25.1 Å². The van der Waals surface area contributed by atoms with E-state index < -0.39 is 5.41 Å². The van der Waals surface area contributed by atoms with Gasteiger partial charge in [-0.3, -0.25) is 0 Å². The van der Waals surface area contributed by atoms with Crippen molar-refractivity contribution < 1.29 is 30.6 Å². The van der Waals surface area contributed by atoms with Crippen LogP contribution >= 0.6 is 0 Å². The van der Waals surface area contributed by atoms with Crippen molar-refractivity contribution in [3.63, 3.8) is 0 Å². The second kappa shape index (κ2) is 6.07. The van der Waals surface area contributed by atoms with Crippen LogP contribution in [0.4, 0.5) is 0 Å². The van der Waals surface area contributed by atoms with Crippen molar-refractivity contribution in [2.24, 2.45) is 0 Å². The van der Waals surface area contributed by atoms with E-state index in [4.69, 9.17) is 0 Å². The van der Waals surface area contributed by atoms with Crippen LogP contribution in [0.3, 0.4) is 0 Å². The van der Waals surface area contributed by atoms with Crippen molar-refractivity contribution in [3.8, 4) is 34.5 Å². The Balaban J connectivity index is 2.31. The van der Waals surface area contributed by atoms with E-state index in [2.05, 4.69) is 0 Å². The molecule has 0 aliphatic carbocycles. The number of benzene rings is 3. The number of phenols is 6. The molecule has 0 atom stereocenters. The van der Waals surface area contributed by atoms with E-state index in [1.165, 1.54) is 36.4 Å². The van der Waals surface area contributed by atoms with Gasteiger partial charge in [-0.05, 0) is 60.0 Å². The molecule has 3 aromatic rings. The van der Waals surface area contributed by atoms with E-state index >= 15 is 0 Å². The molecular formula is C20H18O6. The van der Waals surface area contributed by atoms with Crippen molar-refractivity contribution >= 4 is 0 Å². The van der Waals surface area contributed by atoms with E-state index in [-0.39, 0.29) is 34.5 Å². The van der Waals surface area contributed by atoms with E-state index in [0.29, 0.717) is 16.7 Å². The van der Waals surface area contributed by atoms with Crippen LogP contribution < -0.4 is 0 Å². The smallest absolute Gasteiger partial charge is 0.157 e. The molecule has 0 spiro atoms. The van der Waals surface area contributed by atoms with Gasteiger partial charge < -0.3 is 30.6 Å². The van der Waals surface area contributed by atoms with Gasteiger partial charge in [0, 0.05) is 5.41 Å². The topological polar surface area (TPSA) is 121 Å². The van der Waals surface area contributed by atoms with Crippen molar-refractivity contribution in [2.45, 2.75) is 12.3 Å². The Kier molecular flexibility index (Phi) is 4.04. The molecule has 6 N–H and O–H groups in total. The normalized spacial score (nSPS) is 11.4. The maximum Gasteiger partial charge on any atom is 0.157 e. The van der Waals surface area contributed by atoms with Crippen LogP contribution in [0.15, 0.2) is 54.6 Å². The Morgan fingerprint density at radius 2 is 0.731 bits per heavy atom. The molecule has 0 saturated carbocycles. The summed E-state index contributed by atoms with van der Waals surface area (Å²) in [5, 5.41) is 58.6. The van der Waals surface area contributed by atoms with Crippen LogP contribution in [0.1, 0.15) is 23.6 Å². The van der Waals surface area contributed by atoms with Gasteiger partial charge in [0.05, 0.1) is 0 Å². The summed E-state index contributed by atoms with van der Waals surface area (Å²) in [6.45, 7) is 1.79. The summed E-state index contributed by atoms with van der Waals surface area (Å²) in [5.74, 6) is -1.80. The predicted octanol–water partition coefficient (Wildman–Crippen LogP) is 3.27. The fourth-order valence-corrected chi connectivity index (χ4v) is 3.00. The standard InChI is InChI=1S/C20H18O6/c1-20(11-2-5-14(21)17(24)8-11,12-3-6-15(22)18(25)9-12)13-4-7-16(23)19(26)10-13/h2-10,21-26H,1H3. The molecule has 0 radical (unpaired) electrons. The molecule has 0 amide bonds. The Labute approximate surface area is 149 Å². The predicted molar refractivity (Wildman–Crippen MR) is 94.9 cm³/mol. The molecule has 6 heteroatoms. The quantitative estimate of drug-likeness (QED) is 0.317. The molecular weight excluding hydrogens is 336 g/mol. The lowest BCUT2D eigenvalue weighted by molar-refractivity contribution is 0.399. The summed E-state index contributed by atoms with van der Waals surface area (Å²) in [6, 6.07) is 12.9. The maximum absolute atomic E-state index is 9.93. The van der Waals surface area contributed by atoms with Crippen LogP contribution in [-0.2, 0) is 5.41 Å². The number of aromatic hydroxyl groups is 6. The van der Waals surface area contributed by atoms with E-state index in [9.17, 15) is 30.6 Å². The molecule has 3 rings (SSSR count). The molecule has 26 heavy (non-hydrogen) atoms. The maximum atomic E-state index is 9.93. The first kappa shape index (κ1) is 17.3. The largest absolute Gasteiger partial charge is 0.504 e. The van der Waals surface area contributed by atoms with Crippen LogP contribution in [0.25, 0.3) is 0 Å². The molecule has 0 aromatic heterocycles. The lowest BCUT2D eigenvalue weighted by Crippen LogP contribution is -2.25. The molecule has 0 saturated heterocycles. The number of hydrogen-bond acceptors (Lipinski definition) is 6. The average Bonchev–Trinajstić information content (AvgIpc) is 2.61. The highest BCUT2D eigenvalue weighted by Crippen LogP contribution is 2.45. The van der Waals surface area contributed by atoms with Crippen LogP contribution in [0.5, 0.6) is 34.5 Å². The third-order valence-electron chi connectivity index (χ3n) is 4.66. The first-order valence-electron chi connectivity index (χ1n) is 7.81. The number of phenolic OH excluding ortho intramolecular Hbond substituents is 6. The molecule has 3 aromatic carbocycles. The highest BCUT2D eigenvalue weighted by atomic mass is 16.3. The van der Waals surface area contributed by atoms with Gasteiger partial charge in [0.25, 0.3) is 0 Å².